The van der Waals surface area contributed by atoms with Crippen LogP contribution < -0.4 is 4.72 Å². The quantitative estimate of drug-likeness (QED) is 0.777. The Hall–Kier alpha value is -1.34. The van der Waals surface area contributed by atoms with Crippen molar-refractivity contribution in [3.8, 4) is 0 Å². The van der Waals surface area contributed by atoms with Crippen molar-refractivity contribution in [2.75, 3.05) is 10.5 Å². The normalized spacial score (nSPS) is 11.2. The van der Waals surface area contributed by atoms with Crippen LogP contribution in [0.3, 0.4) is 0 Å². The number of halogens is 1. The lowest BCUT2D eigenvalue weighted by molar-refractivity contribution is -0.137. The maximum absolute atomic E-state index is 11.7. The number of carboxylic acids is 1. The van der Waals surface area contributed by atoms with Gasteiger partial charge in [-0.3, -0.25) is 9.52 Å². The fraction of sp³-hybridized carbons (Fsp3) is 0.400. The molecule has 0 aliphatic carbocycles. The lowest BCUT2D eigenvalue weighted by atomic mass is 10.3. The number of rotatable bonds is 6. The van der Waals surface area contributed by atoms with Gasteiger partial charge in [0.25, 0.3) is 0 Å². The molecule has 0 aromatic carbocycles. The van der Waals surface area contributed by atoms with Crippen LogP contribution in [-0.2, 0) is 14.8 Å². The molecule has 0 fully saturated rings. The van der Waals surface area contributed by atoms with E-state index in [1.165, 1.54) is 6.20 Å². The van der Waals surface area contributed by atoms with E-state index in [0.717, 1.165) is 5.56 Å². The van der Waals surface area contributed by atoms with Crippen LogP contribution in [0.1, 0.15) is 18.4 Å². The van der Waals surface area contributed by atoms with Gasteiger partial charge in [-0.05, 0) is 25.0 Å². The summed E-state index contributed by atoms with van der Waals surface area (Å²) in [6.45, 7) is 1.76. The third kappa shape index (κ3) is 4.89. The Labute approximate surface area is 110 Å². The predicted octanol–water partition coefficient (Wildman–Crippen LogP) is 1.65. The summed E-state index contributed by atoms with van der Waals surface area (Å²) in [5, 5.41) is 8.49. The highest BCUT2D eigenvalue weighted by Crippen LogP contribution is 2.21. The number of nitrogens with one attached hydrogen (secondary N) is 1. The first-order valence-corrected chi connectivity index (χ1v) is 7.17. The Balaban J connectivity index is 2.70. The monoisotopic (exact) mass is 292 g/mol. The zero-order valence-electron chi connectivity index (χ0n) is 9.68. The third-order valence-corrected chi connectivity index (χ3v) is 3.70. The van der Waals surface area contributed by atoms with Gasteiger partial charge in [0.1, 0.15) is 0 Å². The number of carboxylic acid groups (broad SMARTS) is 1. The van der Waals surface area contributed by atoms with E-state index in [-0.39, 0.29) is 29.4 Å². The van der Waals surface area contributed by atoms with Crippen LogP contribution in [0.2, 0.25) is 5.15 Å². The van der Waals surface area contributed by atoms with Gasteiger partial charge in [-0.1, -0.05) is 11.6 Å². The van der Waals surface area contributed by atoms with Crippen LogP contribution in [0.15, 0.2) is 12.3 Å². The molecular formula is C10H13ClN2O4S. The van der Waals surface area contributed by atoms with Gasteiger partial charge in [0, 0.05) is 12.6 Å². The molecule has 0 spiro atoms. The van der Waals surface area contributed by atoms with Crippen LogP contribution in [0.25, 0.3) is 0 Å². The molecule has 8 heteroatoms. The molecular weight excluding hydrogens is 280 g/mol. The van der Waals surface area contributed by atoms with Crippen LogP contribution >= 0.6 is 11.6 Å². The molecule has 100 valence electrons. The molecule has 0 saturated heterocycles. The van der Waals surface area contributed by atoms with E-state index in [9.17, 15) is 13.2 Å². The fourth-order valence-corrected chi connectivity index (χ4v) is 2.58. The molecule has 0 aliphatic rings. The minimum Gasteiger partial charge on any atom is -0.481 e. The van der Waals surface area contributed by atoms with Crippen LogP contribution in [-0.4, -0.2) is 30.2 Å². The zero-order chi connectivity index (χ0) is 13.8. The van der Waals surface area contributed by atoms with E-state index in [2.05, 4.69) is 9.71 Å². The highest BCUT2D eigenvalue weighted by Gasteiger charge is 2.13. The van der Waals surface area contributed by atoms with Gasteiger partial charge in [-0.15, -0.1) is 0 Å². The molecule has 0 unspecified atom stereocenters. The van der Waals surface area contributed by atoms with Gasteiger partial charge < -0.3 is 5.11 Å². The van der Waals surface area contributed by atoms with Gasteiger partial charge in [-0.2, -0.15) is 0 Å². The van der Waals surface area contributed by atoms with Crippen molar-refractivity contribution in [3.05, 3.63) is 23.0 Å². The number of pyridine rings is 1. The van der Waals surface area contributed by atoms with Crippen molar-refractivity contribution in [3.63, 3.8) is 0 Å². The number of nitrogens with zero attached hydrogens (tertiary/aromatic N) is 1. The average molecular weight is 293 g/mol. The van der Waals surface area contributed by atoms with Crippen LogP contribution in [0, 0.1) is 6.92 Å². The number of anilines is 1. The Morgan fingerprint density at radius 3 is 2.83 bits per heavy atom. The molecule has 6 nitrogen and oxygen atoms in total. The Kier molecular flexibility index (Phi) is 4.92. The average Bonchev–Trinajstić information content (AvgIpc) is 2.22. The Bertz CT molecular complexity index is 545. The van der Waals surface area contributed by atoms with Crippen molar-refractivity contribution >= 4 is 33.3 Å². The summed E-state index contributed by atoms with van der Waals surface area (Å²) in [6.07, 6.45) is 1.37. The number of sulfonamides is 1. The molecule has 0 bridgehead atoms. The summed E-state index contributed by atoms with van der Waals surface area (Å²) in [4.78, 5) is 14.1. The first-order valence-electron chi connectivity index (χ1n) is 5.14. The van der Waals surface area contributed by atoms with Gasteiger partial charge in [0.15, 0.2) is 5.15 Å². The number of carbonyl (C=O) groups is 1. The lowest BCUT2D eigenvalue weighted by Crippen LogP contribution is -2.18. The van der Waals surface area contributed by atoms with E-state index >= 15 is 0 Å². The fourth-order valence-electron chi connectivity index (χ4n) is 1.26. The summed E-state index contributed by atoms with van der Waals surface area (Å²) in [6, 6.07) is 1.56. The number of hydrogen-bond acceptors (Lipinski definition) is 4. The van der Waals surface area contributed by atoms with Crippen LogP contribution in [0.4, 0.5) is 5.69 Å². The highest BCUT2D eigenvalue weighted by molar-refractivity contribution is 7.92. The van der Waals surface area contributed by atoms with Crippen molar-refractivity contribution in [1.29, 1.82) is 0 Å². The predicted molar refractivity (Wildman–Crippen MR) is 68.3 cm³/mol. The molecule has 2 N–H and O–H groups in total. The molecule has 0 amide bonds. The molecule has 0 saturated carbocycles. The maximum atomic E-state index is 11.7. The Morgan fingerprint density at radius 1 is 1.56 bits per heavy atom. The zero-order valence-corrected chi connectivity index (χ0v) is 11.3. The minimum absolute atomic E-state index is 0.0432. The standard InChI is InChI=1S/C10H13ClN2O4S/c1-7-5-8(10(11)12-6-7)13-18(16,17)4-2-3-9(14)15/h5-6,13H,2-4H2,1H3,(H,14,15). The molecule has 1 aromatic rings. The second-order valence-electron chi connectivity index (χ2n) is 3.77. The van der Waals surface area contributed by atoms with Gasteiger partial charge in [0.2, 0.25) is 10.0 Å². The summed E-state index contributed by atoms with van der Waals surface area (Å²) in [5.74, 6) is -1.30. The Morgan fingerprint density at radius 2 is 2.22 bits per heavy atom. The molecule has 0 atom stereocenters. The highest BCUT2D eigenvalue weighted by atomic mass is 35.5. The SMILES string of the molecule is Cc1cnc(Cl)c(NS(=O)(=O)CCCC(=O)O)c1. The molecule has 0 aliphatic heterocycles. The summed E-state index contributed by atoms with van der Waals surface area (Å²) in [5.41, 5.74) is 0.967. The van der Waals surface area contributed by atoms with E-state index < -0.39 is 16.0 Å². The largest absolute Gasteiger partial charge is 0.481 e. The van der Waals surface area contributed by atoms with Crippen molar-refractivity contribution in [2.24, 2.45) is 0 Å². The van der Waals surface area contributed by atoms with E-state index in [4.69, 9.17) is 16.7 Å². The van der Waals surface area contributed by atoms with Gasteiger partial charge in [-0.25, -0.2) is 13.4 Å². The number of aliphatic carboxylic acids is 1. The molecule has 1 aromatic heterocycles. The van der Waals surface area contributed by atoms with Gasteiger partial charge >= 0.3 is 5.97 Å². The minimum atomic E-state index is -3.61. The summed E-state index contributed by atoms with van der Waals surface area (Å²) < 4.78 is 25.6. The van der Waals surface area contributed by atoms with Crippen molar-refractivity contribution in [2.45, 2.75) is 19.8 Å². The third-order valence-electron chi connectivity index (χ3n) is 2.04. The van der Waals surface area contributed by atoms with Crippen molar-refractivity contribution < 1.29 is 18.3 Å². The maximum Gasteiger partial charge on any atom is 0.303 e. The topological polar surface area (TPSA) is 96.4 Å². The lowest BCUT2D eigenvalue weighted by Gasteiger charge is -2.09. The molecule has 1 heterocycles. The number of aromatic nitrogens is 1. The summed E-state index contributed by atoms with van der Waals surface area (Å²) >= 11 is 5.75. The van der Waals surface area contributed by atoms with Crippen LogP contribution in [0.5, 0.6) is 0 Å². The van der Waals surface area contributed by atoms with E-state index in [1.54, 1.807) is 13.0 Å². The number of aryl methyl sites for hydroxylation is 1. The van der Waals surface area contributed by atoms with E-state index in [0.29, 0.717) is 0 Å². The van der Waals surface area contributed by atoms with E-state index in [1.807, 2.05) is 0 Å². The summed E-state index contributed by atoms with van der Waals surface area (Å²) in [7, 11) is -3.61. The van der Waals surface area contributed by atoms with Gasteiger partial charge in [0.05, 0.1) is 11.4 Å². The second kappa shape index (κ2) is 6.01. The first kappa shape index (κ1) is 14.7. The molecule has 0 radical (unpaired) electrons. The number of hydrogen-bond donors (Lipinski definition) is 2. The molecule has 18 heavy (non-hydrogen) atoms. The van der Waals surface area contributed by atoms with Crippen molar-refractivity contribution in [1.82, 2.24) is 4.98 Å². The molecule has 1 rings (SSSR count). The smallest absolute Gasteiger partial charge is 0.303 e. The second-order valence-corrected chi connectivity index (χ2v) is 5.97. The first-order chi connectivity index (χ1) is 8.30.